The van der Waals surface area contributed by atoms with Crippen LogP contribution in [0.5, 0.6) is 5.88 Å². The molecule has 7 nitrogen and oxygen atoms in total. The Morgan fingerprint density at radius 3 is 2.55 bits per heavy atom. The van der Waals surface area contributed by atoms with Gasteiger partial charge < -0.3 is 9.67 Å². The zero-order chi connectivity index (χ0) is 22.9. The standard InChI is InChI=1S/C25H18BrN5O2/c1-2-14-30-21-13-12-16(26)15-19(21)22(24(30)33)28-29-25-27-20-11-7-6-10-18(20)23(32)31(25)17-8-4-3-5-9-17/h2-13,15,33H,1,14H2. The van der Waals surface area contributed by atoms with Crippen LogP contribution in [-0.2, 0) is 6.54 Å². The monoisotopic (exact) mass is 499 g/mol. The SMILES string of the molecule is C=CCn1c(O)c(N=Nc2nc3ccccc3c(=O)n2-c2ccccc2)c2cc(Br)ccc21. The van der Waals surface area contributed by atoms with E-state index in [0.717, 1.165) is 9.99 Å². The van der Waals surface area contributed by atoms with Gasteiger partial charge in [-0.15, -0.1) is 16.8 Å². The summed E-state index contributed by atoms with van der Waals surface area (Å²) in [5, 5.41) is 20.8. The molecule has 0 saturated carbocycles. The normalized spacial score (nSPS) is 11.5. The molecule has 0 bridgehead atoms. The third-order valence-electron chi connectivity index (χ3n) is 5.30. The van der Waals surface area contributed by atoms with E-state index in [2.05, 4.69) is 37.7 Å². The van der Waals surface area contributed by atoms with Gasteiger partial charge in [0, 0.05) is 16.4 Å². The summed E-state index contributed by atoms with van der Waals surface area (Å²) in [6.45, 7) is 4.17. The number of azo groups is 1. The Balaban J connectivity index is 1.75. The molecule has 8 heteroatoms. The van der Waals surface area contributed by atoms with Crippen LogP contribution in [0, 0.1) is 0 Å². The van der Waals surface area contributed by atoms with E-state index < -0.39 is 0 Å². The van der Waals surface area contributed by atoms with Gasteiger partial charge in [-0.25, -0.2) is 9.55 Å². The number of allylic oxidation sites excluding steroid dienone is 1. The minimum absolute atomic E-state index is 0.0406. The quantitative estimate of drug-likeness (QED) is 0.224. The summed E-state index contributed by atoms with van der Waals surface area (Å²) in [7, 11) is 0. The lowest BCUT2D eigenvalue weighted by Gasteiger charge is -2.09. The van der Waals surface area contributed by atoms with Gasteiger partial charge >= 0.3 is 0 Å². The van der Waals surface area contributed by atoms with E-state index in [9.17, 15) is 9.90 Å². The smallest absolute Gasteiger partial charge is 0.267 e. The summed E-state index contributed by atoms with van der Waals surface area (Å²) in [5.74, 6) is 0.0741. The van der Waals surface area contributed by atoms with Gasteiger partial charge in [-0.2, -0.15) is 0 Å². The molecule has 0 saturated heterocycles. The Labute approximate surface area is 197 Å². The summed E-state index contributed by atoms with van der Waals surface area (Å²) in [6.07, 6.45) is 1.69. The molecule has 5 aromatic rings. The van der Waals surface area contributed by atoms with E-state index in [4.69, 9.17) is 0 Å². The van der Waals surface area contributed by atoms with Gasteiger partial charge in [-0.1, -0.05) is 52.3 Å². The Bertz CT molecular complexity index is 1600. The highest BCUT2D eigenvalue weighted by Crippen LogP contribution is 2.40. The third kappa shape index (κ3) is 3.64. The molecule has 5 rings (SSSR count). The zero-order valence-corrected chi connectivity index (χ0v) is 19.0. The topological polar surface area (TPSA) is 84.8 Å². The Kier molecular flexibility index (Phi) is 5.35. The first-order chi connectivity index (χ1) is 16.1. The minimum atomic E-state index is -0.248. The van der Waals surface area contributed by atoms with E-state index >= 15 is 0 Å². The van der Waals surface area contributed by atoms with Gasteiger partial charge in [0.05, 0.1) is 22.1 Å². The van der Waals surface area contributed by atoms with E-state index in [1.54, 1.807) is 41.0 Å². The molecule has 3 aromatic carbocycles. The first-order valence-corrected chi connectivity index (χ1v) is 11.0. The average molecular weight is 500 g/mol. The predicted octanol–water partition coefficient (Wildman–Crippen LogP) is 6.41. The lowest BCUT2D eigenvalue weighted by atomic mass is 10.2. The van der Waals surface area contributed by atoms with Crippen molar-refractivity contribution < 1.29 is 5.11 Å². The molecule has 33 heavy (non-hydrogen) atoms. The van der Waals surface area contributed by atoms with Crippen molar-refractivity contribution in [2.24, 2.45) is 10.2 Å². The van der Waals surface area contributed by atoms with Crippen LogP contribution in [0.3, 0.4) is 0 Å². The number of benzene rings is 3. The van der Waals surface area contributed by atoms with Crippen LogP contribution in [0.4, 0.5) is 11.6 Å². The number of rotatable bonds is 5. The highest BCUT2D eigenvalue weighted by Gasteiger charge is 2.18. The van der Waals surface area contributed by atoms with Crippen molar-refractivity contribution in [2.45, 2.75) is 6.54 Å². The fraction of sp³-hybridized carbons (Fsp3) is 0.0400. The largest absolute Gasteiger partial charge is 0.493 e. The van der Waals surface area contributed by atoms with Crippen LogP contribution in [-0.4, -0.2) is 19.2 Å². The Hall–Kier alpha value is -4.04. The minimum Gasteiger partial charge on any atom is -0.493 e. The van der Waals surface area contributed by atoms with Crippen molar-refractivity contribution in [1.29, 1.82) is 0 Å². The predicted molar refractivity (Wildman–Crippen MR) is 133 cm³/mol. The Morgan fingerprint density at radius 2 is 1.76 bits per heavy atom. The first-order valence-electron chi connectivity index (χ1n) is 10.2. The van der Waals surface area contributed by atoms with Crippen molar-refractivity contribution in [2.75, 3.05) is 0 Å². The van der Waals surface area contributed by atoms with E-state index in [1.165, 1.54) is 4.57 Å². The number of hydrogen-bond donors (Lipinski definition) is 1. The fourth-order valence-corrected chi connectivity index (χ4v) is 4.16. The fourth-order valence-electron chi connectivity index (χ4n) is 3.80. The number of nitrogens with zero attached hydrogens (tertiary/aromatic N) is 5. The lowest BCUT2D eigenvalue weighted by molar-refractivity contribution is 0.431. The molecule has 0 aliphatic heterocycles. The van der Waals surface area contributed by atoms with Crippen molar-refractivity contribution in [1.82, 2.24) is 14.1 Å². The maximum atomic E-state index is 13.3. The molecule has 0 amide bonds. The van der Waals surface area contributed by atoms with Crippen LogP contribution < -0.4 is 5.56 Å². The number of halogens is 1. The van der Waals surface area contributed by atoms with Crippen molar-refractivity contribution >= 4 is 49.4 Å². The van der Waals surface area contributed by atoms with Gasteiger partial charge in [0.15, 0.2) is 5.69 Å². The van der Waals surface area contributed by atoms with Gasteiger partial charge in [0.25, 0.3) is 11.5 Å². The first kappa shape index (κ1) is 20.8. The molecule has 0 spiro atoms. The Morgan fingerprint density at radius 1 is 1.00 bits per heavy atom. The number of aromatic hydroxyl groups is 1. The highest BCUT2D eigenvalue weighted by molar-refractivity contribution is 9.10. The molecule has 0 fully saturated rings. The number of hydrogen-bond acceptors (Lipinski definition) is 5. The molecule has 0 aliphatic carbocycles. The molecule has 2 aromatic heterocycles. The maximum Gasteiger partial charge on any atom is 0.267 e. The van der Waals surface area contributed by atoms with Crippen molar-refractivity contribution in [3.63, 3.8) is 0 Å². The maximum absolute atomic E-state index is 13.3. The van der Waals surface area contributed by atoms with Gasteiger partial charge in [0.1, 0.15) is 0 Å². The lowest BCUT2D eigenvalue weighted by Crippen LogP contribution is -2.19. The molecule has 2 heterocycles. The molecule has 162 valence electrons. The van der Waals surface area contributed by atoms with E-state index in [-0.39, 0.29) is 23.1 Å². The molecular formula is C25H18BrN5O2. The van der Waals surface area contributed by atoms with Crippen LogP contribution in [0.15, 0.2) is 105 Å². The van der Waals surface area contributed by atoms with Crippen LogP contribution in [0.1, 0.15) is 0 Å². The summed E-state index contributed by atoms with van der Waals surface area (Å²) in [6, 6.07) is 21.9. The second kappa shape index (κ2) is 8.48. The summed E-state index contributed by atoms with van der Waals surface area (Å²) in [5.41, 5.74) is 1.97. The summed E-state index contributed by atoms with van der Waals surface area (Å²) >= 11 is 3.47. The summed E-state index contributed by atoms with van der Waals surface area (Å²) in [4.78, 5) is 17.9. The molecule has 0 atom stereocenters. The molecule has 0 radical (unpaired) electrons. The van der Waals surface area contributed by atoms with Crippen molar-refractivity contribution in [3.05, 3.63) is 100 Å². The van der Waals surface area contributed by atoms with Gasteiger partial charge in [-0.05, 0) is 42.5 Å². The number of aromatic nitrogens is 3. The van der Waals surface area contributed by atoms with E-state index in [0.29, 0.717) is 28.5 Å². The summed E-state index contributed by atoms with van der Waals surface area (Å²) < 4.78 is 3.95. The van der Waals surface area contributed by atoms with Crippen molar-refractivity contribution in [3.8, 4) is 11.6 Å². The van der Waals surface area contributed by atoms with Gasteiger partial charge in [0.2, 0.25) is 5.88 Å². The van der Waals surface area contributed by atoms with Crippen LogP contribution >= 0.6 is 15.9 Å². The number of fused-ring (bicyclic) bond motifs is 2. The molecule has 1 N–H and O–H groups in total. The molecule has 0 aliphatic rings. The second-order valence-corrected chi connectivity index (χ2v) is 8.25. The average Bonchev–Trinajstić information content (AvgIpc) is 3.08. The molecule has 0 unspecified atom stereocenters. The number of para-hydroxylation sites is 2. The zero-order valence-electron chi connectivity index (χ0n) is 17.4. The van der Waals surface area contributed by atoms with Crippen LogP contribution in [0.25, 0.3) is 27.5 Å². The van der Waals surface area contributed by atoms with Crippen LogP contribution in [0.2, 0.25) is 0 Å². The van der Waals surface area contributed by atoms with E-state index in [1.807, 2.05) is 42.5 Å². The second-order valence-electron chi connectivity index (χ2n) is 7.34. The molecular weight excluding hydrogens is 482 g/mol. The third-order valence-corrected chi connectivity index (χ3v) is 5.79. The highest BCUT2D eigenvalue weighted by atomic mass is 79.9. The van der Waals surface area contributed by atoms with Gasteiger partial charge in [-0.3, -0.25) is 4.79 Å².